The van der Waals surface area contributed by atoms with Gasteiger partial charge in [-0.05, 0) is 76.3 Å². The lowest BCUT2D eigenvalue weighted by atomic mass is 10.1. The molecule has 3 rings (SSSR count). The van der Waals surface area contributed by atoms with Gasteiger partial charge in [0, 0.05) is 53.6 Å². The molecule has 0 atom stereocenters. The summed E-state index contributed by atoms with van der Waals surface area (Å²) >= 11 is 1.03. The number of hydrogen-bond acceptors (Lipinski definition) is 4. The molecule has 1 aliphatic rings. The largest absolute Gasteiger partial charge is 0.417 e. The molecule has 0 aliphatic carbocycles. The van der Waals surface area contributed by atoms with Gasteiger partial charge in [0.1, 0.15) is 0 Å². The Morgan fingerprint density at radius 3 is 2.42 bits per heavy atom. The van der Waals surface area contributed by atoms with Crippen LogP contribution in [-0.4, -0.2) is 54.8 Å². The Balaban J connectivity index is 1.68. The summed E-state index contributed by atoms with van der Waals surface area (Å²) in [5.74, 6) is -0.260. The molecule has 3 amide bonds. The van der Waals surface area contributed by atoms with Crippen molar-refractivity contribution in [3.05, 3.63) is 53.1 Å². The Bertz CT molecular complexity index is 1100. The number of amides is 3. The molecule has 2 aromatic rings. The Morgan fingerprint density at radius 2 is 1.81 bits per heavy atom. The molecule has 1 heterocycles. The average molecular weight is 523 g/mol. The number of alkyl halides is 3. The summed E-state index contributed by atoms with van der Waals surface area (Å²) < 4.78 is 40.6. The van der Waals surface area contributed by atoms with Crippen molar-refractivity contribution in [1.29, 1.82) is 0 Å². The highest BCUT2D eigenvalue weighted by Crippen LogP contribution is 2.42. The first-order chi connectivity index (χ1) is 16.9. The molecule has 196 valence electrons. The second kappa shape index (κ2) is 11.6. The van der Waals surface area contributed by atoms with E-state index in [1.165, 1.54) is 11.0 Å². The fraction of sp³-hybridized carbons (Fsp3) is 0.462. The van der Waals surface area contributed by atoms with Crippen LogP contribution in [0.1, 0.15) is 49.2 Å². The zero-order valence-corrected chi connectivity index (χ0v) is 22.0. The average Bonchev–Trinajstić information content (AvgIpc) is 3.23. The normalized spacial score (nSPS) is 13.5. The highest BCUT2D eigenvalue weighted by molar-refractivity contribution is 7.98. The number of urea groups is 1. The van der Waals surface area contributed by atoms with E-state index in [0.717, 1.165) is 17.8 Å². The van der Waals surface area contributed by atoms with Crippen LogP contribution in [0.5, 0.6) is 0 Å². The lowest BCUT2D eigenvalue weighted by Gasteiger charge is -2.30. The van der Waals surface area contributed by atoms with E-state index in [-0.39, 0.29) is 23.0 Å². The zero-order valence-electron chi connectivity index (χ0n) is 21.2. The van der Waals surface area contributed by atoms with E-state index in [9.17, 15) is 22.8 Å². The van der Waals surface area contributed by atoms with Crippen LogP contribution in [0.2, 0.25) is 0 Å². The molecule has 0 fully saturated rings. The maximum absolute atomic E-state index is 13.5. The van der Waals surface area contributed by atoms with Crippen LogP contribution in [-0.2, 0) is 12.6 Å². The van der Waals surface area contributed by atoms with Gasteiger partial charge in [-0.1, -0.05) is 6.07 Å². The van der Waals surface area contributed by atoms with Gasteiger partial charge >= 0.3 is 12.2 Å². The fourth-order valence-corrected chi connectivity index (χ4v) is 5.11. The summed E-state index contributed by atoms with van der Waals surface area (Å²) in [7, 11) is 0. The molecule has 36 heavy (non-hydrogen) atoms. The number of nitrogens with one attached hydrogen (secondary N) is 2. The number of halogens is 3. The lowest BCUT2D eigenvalue weighted by molar-refractivity contribution is -0.139. The number of fused-ring (bicyclic) bond motifs is 1. The van der Waals surface area contributed by atoms with Crippen LogP contribution >= 0.6 is 11.8 Å². The molecule has 2 aromatic carbocycles. The zero-order chi connectivity index (χ0) is 26.6. The quantitative estimate of drug-likeness (QED) is 0.426. The van der Waals surface area contributed by atoms with Gasteiger partial charge in [-0.15, -0.1) is 11.8 Å². The molecule has 10 heteroatoms. The van der Waals surface area contributed by atoms with E-state index in [2.05, 4.69) is 43.2 Å². The number of carbonyl (C=O) groups is 2. The first kappa shape index (κ1) is 27.9. The van der Waals surface area contributed by atoms with E-state index in [1.807, 2.05) is 0 Å². The minimum atomic E-state index is -4.51. The van der Waals surface area contributed by atoms with Crippen molar-refractivity contribution in [2.75, 3.05) is 36.1 Å². The van der Waals surface area contributed by atoms with Crippen LogP contribution in [0.15, 0.2) is 41.3 Å². The molecule has 0 spiro atoms. The first-order valence-electron chi connectivity index (χ1n) is 11.9. The van der Waals surface area contributed by atoms with Crippen molar-refractivity contribution in [1.82, 2.24) is 10.2 Å². The van der Waals surface area contributed by atoms with Crippen LogP contribution in [0, 0.1) is 0 Å². The molecular formula is C26H33F3N4O2S. The maximum atomic E-state index is 13.5. The number of hydrogen-bond donors (Lipinski definition) is 2. The summed E-state index contributed by atoms with van der Waals surface area (Å²) in [4.78, 5) is 29.4. The third-order valence-electron chi connectivity index (χ3n) is 6.21. The predicted octanol–water partition coefficient (Wildman–Crippen LogP) is 5.87. The number of thioether (sulfide) groups is 1. The van der Waals surface area contributed by atoms with Crippen molar-refractivity contribution in [2.45, 2.75) is 57.3 Å². The van der Waals surface area contributed by atoms with E-state index in [4.69, 9.17) is 0 Å². The van der Waals surface area contributed by atoms with Crippen LogP contribution < -0.4 is 15.5 Å². The van der Waals surface area contributed by atoms with Crippen molar-refractivity contribution in [3.63, 3.8) is 0 Å². The lowest BCUT2D eigenvalue weighted by Crippen LogP contribution is -2.42. The van der Waals surface area contributed by atoms with E-state index < -0.39 is 17.8 Å². The number of anilines is 2. The number of rotatable bonds is 8. The van der Waals surface area contributed by atoms with E-state index in [1.54, 1.807) is 30.5 Å². The predicted molar refractivity (Wildman–Crippen MR) is 139 cm³/mol. The smallest absolute Gasteiger partial charge is 0.351 e. The standard InChI is InChI=1S/C26H33F3N4O2S/c1-16(2)32(17(3)4)12-10-30-24(34)19-7-6-8-20(13-19)31-25(35)33-11-9-18-14-23(36-5)21(15-22(18)33)26(27,28)29/h6-8,13-17H,9-12H2,1-5H3,(H,30,34)(H,31,35). The van der Waals surface area contributed by atoms with Crippen LogP contribution in [0.25, 0.3) is 0 Å². The van der Waals surface area contributed by atoms with Gasteiger partial charge in [-0.2, -0.15) is 13.2 Å². The Hall–Kier alpha value is -2.72. The monoisotopic (exact) mass is 522 g/mol. The molecule has 1 aliphatic heterocycles. The third kappa shape index (κ3) is 6.53. The number of benzene rings is 2. The van der Waals surface area contributed by atoms with Gasteiger partial charge in [-0.25, -0.2) is 4.79 Å². The van der Waals surface area contributed by atoms with E-state index >= 15 is 0 Å². The van der Waals surface area contributed by atoms with Gasteiger partial charge < -0.3 is 10.6 Å². The molecule has 2 N–H and O–H groups in total. The summed E-state index contributed by atoms with van der Waals surface area (Å²) in [5, 5.41) is 5.63. The van der Waals surface area contributed by atoms with Crippen molar-refractivity contribution >= 4 is 35.1 Å². The van der Waals surface area contributed by atoms with Gasteiger partial charge in [0.2, 0.25) is 0 Å². The topological polar surface area (TPSA) is 64.7 Å². The first-order valence-corrected chi connectivity index (χ1v) is 13.2. The molecular weight excluding hydrogens is 489 g/mol. The van der Waals surface area contributed by atoms with Gasteiger partial charge in [-0.3, -0.25) is 14.6 Å². The molecule has 0 saturated heterocycles. The van der Waals surface area contributed by atoms with Crippen molar-refractivity contribution in [3.8, 4) is 0 Å². The van der Waals surface area contributed by atoms with Gasteiger partial charge in [0.05, 0.1) is 5.56 Å². The fourth-order valence-electron chi connectivity index (χ4n) is 4.46. The summed E-state index contributed by atoms with van der Waals surface area (Å²) in [6, 6.07) is 9.25. The second-order valence-electron chi connectivity index (χ2n) is 9.27. The number of carbonyl (C=O) groups excluding carboxylic acids is 2. The third-order valence-corrected chi connectivity index (χ3v) is 6.98. The molecule has 0 bridgehead atoms. The molecule has 0 aromatic heterocycles. The highest BCUT2D eigenvalue weighted by Gasteiger charge is 2.36. The SMILES string of the molecule is CSc1cc2c(cc1C(F)(F)F)N(C(=O)Nc1cccc(C(=O)NCCN(C(C)C)C(C)C)c1)CC2. The van der Waals surface area contributed by atoms with Gasteiger partial charge in [0.25, 0.3) is 5.91 Å². The summed E-state index contributed by atoms with van der Waals surface area (Å²) in [6.45, 7) is 9.91. The molecule has 0 unspecified atom stereocenters. The maximum Gasteiger partial charge on any atom is 0.417 e. The summed E-state index contributed by atoms with van der Waals surface area (Å²) in [5.41, 5.74) is 0.988. The van der Waals surface area contributed by atoms with Crippen molar-refractivity contribution in [2.24, 2.45) is 0 Å². The molecule has 0 saturated carbocycles. The van der Waals surface area contributed by atoms with Gasteiger partial charge in [0.15, 0.2) is 0 Å². The van der Waals surface area contributed by atoms with Crippen LogP contribution in [0.4, 0.5) is 29.3 Å². The Kier molecular flexibility index (Phi) is 8.94. The molecule has 0 radical (unpaired) electrons. The number of nitrogens with zero attached hydrogens (tertiary/aromatic N) is 2. The minimum Gasteiger partial charge on any atom is -0.351 e. The van der Waals surface area contributed by atoms with Crippen LogP contribution in [0.3, 0.4) is 0 Å². The Labute approximate surface area is 214 Å². The Morgan fingerprint density at radius 1 is 1.11 bits per heavy atom. The second-order valence-corrected chi connectivity index (χ2v) is 10.1. The van der Waals surface area contributed by atoms with E-state index in [0.29, 0.717) is 48.4 Å². The summed E-state index contributed by atoms with van der Waals surface area (Å²) in [6.07, 6.45) is -2.44. The minimum absolute atomic E-state index is 0.145. The molecule has 6 nitrogen and oxygen atoms in total. The van der Waals surface area contributed by atoms with Crippen molar-refractivity contribution < 1.29 is 22.8 Å². The highest BCUT2D eigenvalue weighted by atomic mass is 32.2.